The number of piperazine rings is 1. The first kappa shape index (κ1) is 14.7. The molecule has 0 saturated carbocycles. The van der Waals surface area contributed by atoms with E-state index in [-0.39, 0.29) is 5.91 Å². The minimum absolute atomic E-state index is 0.0309. The topological polar surface area (TPSA) is 62.5 Å². The van der Waals surface area contributed by atoms with Crippen molar-refractivity contribution in [3.8, 4) is 0 Å². The standard InChI is InChI=1S/C16H17ClN4O/c17-14-4-3-13(10-15(14)18)20-6-8-21(9-7-20)16(22)12-2-1-5-19-11-12/h1-5,10-11H,6-9,18H2. The third-order valence-electron chi connectivity index (χ3n) is 3.82. The molecule has 5 nitrogen and oxygen atoms in total. The molecule has 1 aromatic carbocycles. The number of carbonyl (C=O) groups is 1. The number of nitrogens with two attached hydrogens (primary N) is 1. The molecule has 0 atom stereocenters. The van der Waals surface area contributed by atoms with Crippen molar-refractivity contribution in [3.05, 3.63) is 53.3 Å². The van der Waals surface area contributed by atoms with Crippen LogP contribution in [0.3, 0.4) is 0 Å². The average Bonchev–Trinajstić information content (AvgIpc) is 2.58. The maximum Gasteiger partial charge on any atom is 0.255 e. The van der Waals surface area contributed by atoms with Crippen LogP contribution < -0.4 is 10.6 Å². The van der Waals surface area contributed by atoms with Gasteiger partial charge in [0.1, 0.15) is 0 Å². The molecule has 0 aliphatic carbocycles. The smallest absolute Gasteiger partial charge is 0.255 e. The molecular formula is C16H17ClN4O. The normalized spacial score (nSPS) is 15.0. The molecule has 1 aliphatic rings. The third-order valence-corrected chi connectivity index (χ3v) is 4.16. The van der Waals surface area contributed by atoms with Gasteiger partial charge in [-0.05, 0) is 30.3 Å². The Bertz CT molecular complexity index is 669. The highest BCUT2D eigenvalue weighted by molar-refractivity contribution is 6.33. The Morgan fingerprint density at radius 2 is 1.95 bits per heavy atom. The number of nitrogens with zero attached hydrogens (tertiary/aromatic N) is 3. The van der Waals surface area contributed by atoms with Crippen molar-refractivity contribution in [2.45, 2.75) is 0 Å². The zero-order valence-corrected chi connectivity index (χ0v) is 12.8. The van der Waals surface area contributed by atoms with E-state index in [0.29, 0.717) is 29.4 Å². The van der Waals surface area contributed by atoms with Gasteiger partial charge >= 0.3 is 0 Å². The first-order valence-corrected chi connectivity index (χ1v) is 7.52. The van der Waals surface area contributed by atoms with Crippen LogP contribution in [0.1, 0.15) is 10.4 Å². The summed E-state index contributed by atoms with van der Waals surface area (Å²) < 4.78 is 0. The first-order valence-electron chi connectivity index (χ1n) is 7.14. The summed E-state index contributed by atoms with van der Waals surface area (Å²) in [5, 5.41) is 0.564. The number of aromatic nitrogens is 1. The van der Waals surface area contributed by atoms with Gasteiger partial charge in [-0.2, -0.15) is 0 Å². The molecule has 1 saturated heterocycles. The van der Waals surface area contributed by atoms with Gasteiger partial charge in [0.15, 0.2) is 0 Å². The second kappa shape index (κ2) is 6.23. The van der Waals surface area contributed by atoms with E-state index >= 15 is 0 Å². The van der Waals surface area contributed by atoms with Crippen LogP contribution in [0.15, 0.2) is 42.7 Å². The molecule has 1 fully saturated rings. The summed E-state index contributed by atoms with van der Waals surface area (Å²) in [6, 6.07) is 9.21. The highest BCUT2D eigenvalue weighted by atomic mass is 35.5. The molecule has 1 aromatic heterocycles. The number of hydrogen-bond donors (Lipinski definition) is 1. The number of pyridine rings is 1. The number of benzene rings is 1. The first-order chi connectivity index (χ1) is 10.6. The van der Waals surface area contributed by atoms with Gasteiger partial charge in [-0.1, -0.05) is 11.6 Å². The molecule has 0 bridgehead atoms. The molecule has 22 heavy (non-hydrogen) atoms. The van der Waals surface area contributed by atoms with Crippen molar-refractivity contribution in [3.63, 3.8) is 0 Å². The number of halogens is 1. The Morgan fingerprint density at radius 3 is 2.59 bits per heavy atom. The Morgan fingerprint density at radius 1 is 1.18 bits per heavy atom. The van der Waals surface area contributed by atoms with Crippen LogP contribution in [0.2, 0.25) is 5.02 Å². The van der Waals surface area contributed by atoms with Crippen LogP contribution in [0.5, 0.6) is 0 Å². The highest BCUT2D eigenvalue weighted by Gasteiger charge is 2.22. The fourth-order valence-electron chi connectivity index (χ4n) is 2.57. The minimum Gasteiger partial charge on any atom is -0.397 e. The van der Waals surface area contributed by atoms with Gasteiger partial charge in [-0.25, -0.2) is 0 Å². The van der Waals surface area contributed by atoms with Gasteiger partial charge in [0.25, 0.3) is 5.91 Å². The zero-order valence-electron chi connectivity index (χ0n) is 12.1. The van der Waals surface area contributed by atoms with Crippen LogP contribution in [0.25, 0.3) is 0 Å². The van der Waals surface area contributed by atoms with E-state index in [0.717, 1.165) is 18.8 Å². The molecule has 0 unspecified atom stereocenters. The van der Waals surface area contributed by atoms with Crippen LogP contribution in [-0.2, 0) is 0 Å². The molecule has 2 N–H and O–H groups in total. The SMILES string of the molecule is Nc1cc(N2CCN(C(=O)c3cccnc3)CC2)ccc1Cl. The number of rotatable bonds is 2. The monoisotopic (exact) mass is 316 g/mol. The van der Waals surface area contributed by atoms with Crippen molar-refractivity contribution in [2.75, 3.05) is 36.8 Å². The van der Waals surface area contributed by atoms with Crippen molar-refractivity contribution in [1.82, 2.24) is 9.88 Å². The number of amides is 1. The number of hydrogen-bond acceptors (Lipinski definition) is 4. The van der Waals surface area contributed by atoms with Crippen LogP contribution in [0.4, 0.5) is 11.4 Å². The average molecular weight is 317 g/mol. The maximum atomic E-state index is 12.4. The Balaban J connectivity index is 1.65. The van der Waals surface area contributed by atoms with E-state index in [9.17, 15) is 4.79 Å². The second-order valence-electron chi connectivity index (χ2n) is 5.23. The summed E-state index contributed by atoms with van der Waals surface area (Å²) in [6.45, 7) is 2.90. The Hall–Kier alpha value is -2.27. The lowest BCUT2D eigenvalue weighted by molar-refractivity contribution is 0.0746. The molecule has 2 aromatic rings. The molecule has 2 heterocycles. The predicted molar refractivity (Wildman–Crippen MR) is 88.2 cm³/mol. The largest absolute Gasteiger partial charge is 0.397 e. The van der Waals surface area contributed by atoms with Gasteiger partial charge < -0.3 is 15.5 Å². The number of anilines is 2. The van der Waals surface area contributed by atoms with Crippen molar-refractivity contribution < 1.29 is 4.79 Å². The molecule has 0 spiro atoms. The molecule has 1 amide bonds. The summed E-state index contributed by atoms with van der Waals surface area (Å²) in [4.78, 5) is 20.4. The predicted octanol–water partition coefficient (Wildman–Crippen LogP) is 2.28. The quantitative estimate of drug-likeness (QED) is 0.863. The van der Waals surface area contributed by atoms with E-state index in [4.69, 9.17) is 17.3 Å². The fraction of sp³-hybridized carbons (Fsp3) is 0.250. The van der Waals surface area contributed by atoms with Crippen molar-refractivity contribution in [1.29, 1.82) is 0 Å². The van der Waals surface area contributed by atoms with E-state index in [1.54, 1.807) is 30.6 Å². The van der Waals surface area contributed by atoms with Gasteiger partial charge in [0.2, 0.25) is 0 Å². The third kappa shape index (κ3) is 2.99. The molecule has 6 heteroatoms. The zero-order chi connectivity index (χ0) is 15.5. The van der Waals surface area contributed by atoms with E-state index < -0.39 is 0 Å². The summed E-state index contributed by atoms with van der Waals surface area (Å²) in [5.41, 5.74) is 8.09. The summed E-state index contributed by atoms with van der Waals surface area (Å²) >= 11 is 5.95. The van der Waals surface area contributed by atoms with Crippen LogP contribution >= 0.6 is 11.6 Å². The number of nitrogen functional groups attached to an aromatic ring is 1. The number of carbonyl (C=O) groups excluding carboxylic acids is 1. The van der Waals surface area contributed by atoms with E-state index in [1.165, 1.54) is 0 Å². The fourth-order valence-corrected chi connectivity index (χ4v) is 2.68. The van der Waals surface area contributed by atoms with Gasteiger partial charge in [0.05, 0.1) is 16.3 Å². The minimum atomic E-state index is 0.0309. The molecule has 114 valence electrons. The second-order valence-corrected chi connectivity index (χ2v) is 5.63. The maximum absolute atomic E-state index is 12.4. The van der Waals surface area contributed by atoms with Gasteiger partial charge in [0, 0.05) is 44.3 Å². The lowest BCUT2D eigenvalue weighted by atomic mass is 10.2. The van der Waals surface area contributed by atoms with Crippen molar-refractivity contribution >= 4 is 28.9 Å². The Labute approximate surface area is 134 Å². The lowest BCUT2D eigenvalue weighted by Crippen LogP contribution is -2.48. The van der Waals surface area contributed by atoms with E-state index in [1.807, 2.05) is 17.0 Å². The summed E-state index contributed by atoms with van der Waals surface area (Å²) in [5.74, 6) is 0.0309. The highest BCUT2D eigenvalue weighted by Crippen LogP contribution is 2.25. The van der Waals surface area contributed by atoms with Crippen LogP contribution in [0, 0.1) is 0 Å². The van der Waals surface area contributed by atoms with Gasteiger partial charge in [-0.15, -0.1) is 0 Å². The summed E-state index contributed by atoms with van der Waals surface area (Å²) in [6.07, 6.45) is 3.27. The van der Waals surface area contributed by atoms with E-state index in [2.05, 4.69) is 9.88 Å². The molecular weight excluding hydrogens is 300 g/mol. The summed E-state index contributed by atoms with van der Waals surface area (Å²) in [7, 11) is 0. The molecule has 3 rings (SSSR count). The van der Waals surface area contributed by atoms with Crippen molar-refractivity contribution in [2.24, 2.45) is 0 Å². The Kier molecular flexibility index (Phi) is 4.15. The van der Waals surface area contributed by atoms with Gasteiger partial charge in [-0.3, -0.25) is 9.78 Å². The van der Waals surface area contributed by atoms with Crippen LogP contribution in [-0.4, -0.2) is 42.0 Å². The molecule has 1 aliphatic heterocycles. The molecule has 0 radical (unpaired) electrons. The lowest BCUT2D eigenvalue weighted by Gasteiger charge is -2.36.